The predicted octanol–water partition coefficient (Wildman–Crippen LogP) is 2.08. The minimum absolute atomic E-state index is 0.0478. The number of pyridine rings is 1. The molecule has 0 atom stereocenters. The molecule has 2 aromatic heterocycles. The molecule has 1 amide bonds. The first-order chi connectivity index (χ1) is 15.4. The number of H-pyrrole nitrogens is 1. The van der Waals surface area contributed by atoms with E-state index in [-0.39, 0.29) is 17.0 Å². The van der Waals surface area contributed by atoms with E-state index in [0.29, 0.717) is 16.4 Å². The summed E-state index contributed by atoms with van der Waals surface area (Å²) in [6.07, 6.45) is 3.14. The van der Waals surface area contributed by atoms with Crippen LogP contribution in [-0.2, 0) is 0 Å². The van der Waals surface area contributed by atoms with Crippen LogP contribution in [0.15, 0.2) is 40.1 Å². The number of carbonyl (C=O) groups excluding carboxylic acids is 1. The average molecular weight is 455 g/mol. The van der Waals surface area contributed by atoms with Crippen molar-refractivity contribution in [3.05, 3.63) is 61.9 Å². The van der Waals surface area contributed by atoms with Crippen LogP contribution in [0, 0.1) is 0 Å². The molecule has 32 heavy (non-hydrogen) atoms. The number of likely N-dealkylation sites (N-methyl/N-ethyl adjacent to an activating group) is 1. The number of halogens is 1. The first-order valence-electron chi connectivity index (χ1n) is 10.6. The molecule has 5 rings (SSSR count). The number of rotatable bonds is 4. The van der Waals surface area contributed by atoms with E-state index in [1.54, 1.807) is 12.1 Å². The smallest absolute Gasteiger partial charge is 0.330 e. The number of piperazine rings is 1. The summed E-state index contributed by atoms with van der Waals surface area (Å²) in [5.41, 5.74) is 1.01. The third-order valence-electron chi connectivity index (χ3n) is 6.00. The number of nitrogens with one attached hydrogen (secondary N) is 2. The Bertz CT molecular complexity index is 1320. The Balaban J connectivity index is 1.47. The van der Waals surface area contributed by atoms with Crippen LogP contribution in [0.5, 0.6) is 0 Å². The fourth-order valence-electron chi connectivity index (χ4n) is 4.06. The molecule has 1 aromatic carbocycles. The Labute approximate surface area is 188 Å². The van der Waals surface area contributed by atoms with Crippen molar-refractivity contribution in [1.29, 1.82) is 0 Å². The summed E-state index contributed by atoms with van der Waals surface area (Å²) < 4.78 is 1.50. The molecule has 2 N–H and O–H groups in total. The van der Waals surface area contributed by atoms with Crippen molar-refractivity contribution < 1.29 is 4.79 Å². The molecule has 1 saturated carbocycles. The van der Waals surface area contributed by atoms with E-state index >= 15 is 0 Å². The molecule has 0 spiro atoms. The van der Waals surface area contributed by atoms with Gasteiger partial charge in [-0.15, -0.1) is 0 Å². The van der Waals surface area contributed by atoms with Gasteiger partial charge in [-0.25, -0.2) is 9.78 Å². The largest absolute Gasteiger partial charge is 0.367 e. The maximum atomic E-state index is 13.1. The predicted molar refractivity (Wildman–Crippen MR) is 124 cm³/mol. The molecular weight excluding hydrogens is 432 g/mol. The number of hydrogen-bond donors (Lipinski definition) is 2. The number of fused-ring (bicyclic) bond motifs is 1. The number of aromatic amines is 1. The molecule has 2 fully saturated rings. The second-order valence-corrected chi connectivity index (χ2v) is 8.80. The van der Waals surface area contributed by atoms with Crippen LogP contribution in [0.25, 0.3) is 11.0 Å². The Morgan fingerprint density at radius 3 is 2.62 bits per heavy atom. The molecule has 0 unspecified atom stereocenters. The summed E-state index contributed by atoms with van der Waals surface area (Å²) >= 11 is 6.21. The van der Waals surface area contributed by atoms with Crippen molar-refractivity contribution in [2.75, 3.05) is 43.4 Å². The van der Waals surface area contributed by atoms with Gasteiger partial charge in [-0.2, -0.15) is 0 Å². The number of nitrogens with zero attached hydrogens (tertiary/aromatic N) is 4. The van der Waals surface area contributed by atoms with Crippen LogP contribution in [0.3, 0.4) is 0 Å². The normalized spacial score (nSPS) is 17.0. The van der Waals surface area contributed by atoms with Gasteiger partial charge < -0.3 is 15.1 Å². The fraction of sp³-hybridized carbons (Fsp3) is 0.364. The van der Waals surface area contributed by atoms with Crippen LogP contribution in [-0.4, -0.2) is 58.6 Å². The molecular formula is C22H23ClN6O3. The molecule has 9 nitrogen and oxygen atoms in total. The summed E-state index contributed by atoms with van der Waals surface area (Å²) in [7, 11) is 2.08. The van der Waals surface area contributed by atoms with Crippen molar-refractivity contribution in [3.8, 4) is 0 Å². The minimum Gasteiger partial charge on any atom is -0.367 e. The van der Waals surface area contributed by atoms with Crippen LogP contribution in [0.2, 0.25) is 5.02 Å². The first kappa shape index (κ1) is 20.7. The molecule has 2 aliphatic rings. The number of aromatic nitrogens is 3. The van der Waals surface area contributed by atoms with Gasteiger partial charge in [0.2, 0.25) is 0 Å². The topological polar surface area (TPSA) is 103 Å². The van der Waals surface area contributed by atoms with E-state index in [2.05, 4.69) is 32.1 Å². The number of amides is 1. The number of carbonyl (C=O) groups is 1. The highest BCUT2D eigenvalue weighted by Crippen LogP contribution is 2.35. The molecule has 0 bridgehead atoms. The van der Waals surface area contributed by atoms with Gasteiger partial charge in [0.1, 0.15) is 5.65 Å². The van der Waals surface area contributed by atoms with Crippen LogP contribution >= 0.6 is 11.6 Å². The van der Waals surface area contributed by atoms with Crippen LogP contribution < -0.4 is 21.5 Å². The van der Waals surface area contributed by atoms with Crippen LogP contribution in [0.4, 0.5) is 11.4 Å². The summed E-state index contributed by atoms with van der Waals surface area (Å²) in [6.45, 7) is 3.53. The van der Waals surface area contributed by atoms with Gasteiger partial charge in [0.25, 0.3) is 11.5 Å². The monoisotopic (exact) mass is 454 g/mol. The van der Waals surface area contributed by atoms with Gasteiger partial charge in [-0.1, -0.05) is 11.6 Å². The minimum atomic E-state index is -0.551. The lowest BCUT2D eigenvalue weighted by Gasteiger charge is -2.35. The average Bonchev–Trinajstić information content (AvgIpc) is 3.59. The highest BCUT2D eigenvalue weighted by atomic mass is 35.5. The molecule has 1 aliphatic carbocycles. The maximum Gasteiger partial charge on any atom is 0.330 e. The van der Waals surface area contributed by atoms with Gasteiger partial charge in [0.15, 0.2) is 0 Å². The zero-order chi connectivity index (χ0) is 22.4. The lowest BCUT2D eigenvalue weighted by Crippen LogP contribution is -2.44. The van der Waals surface area contributed by atoms with Gasteiger partial charge in [-0.3, -0.25) is 19.1 Å². The van der Waals surface area contributed by atoms with E-state index in [9.17, 15) is 14.4 Å². The van der Waals surface area contributed by atoms with Crippen LogP contribution in [0.1, 0.15) is 29.2 Å². The second-order valence-electron chi connectivity index (χ2n) is 8.36. The lowest BCUT2D eigenvalue weighted by molar-refractivity contribution is 0.102. The Hall–Kier alpha value is -3.17. The molecule has 3 heterocycles. The Morgan fingerprint density at radius 2 is 1.91 bits per heavy atom. The standard InChI is InChI=1S/C22H23ClN6O3/c1-27-6-8-28(9-7-27)18-5-2-14(23)11-17(18)25-20(30)13-10-16-19(24-12-13)29(15-3-4-15)22(32)26-21(16)31/h2,5,10-12,15H,3-4,6-9H2,1H3,(H,25,30)(H,26,31,32). The molecule has 0 radical (unpaired) electrons. The summed E-state index contributed by atoms with van der Waals surface area (Å²) in [5.74, 6) is -0.402. The zero-order valence-corrected chi connectivity index (χ0v) is 18.4. The van der Waals surface area contributed by atoms with E-state index in [4.69, 9.17) is 11.6 Å². The molecule has 1 saturated heterocycles. The van der Waals surface area contributed by atoms with Crippen molar-refractivity contribution in [2.24, 2.45) is 0 Å². The van der Waals surface area contributed by atoms with Gasteiger partial charge in [-0.05, 0) is 44.2 Å². The highest BCUT2D eigenvalue weighted by Gasteiger charge is 2.28. The van der Waals surface area contributed by atoms with Crippen molar-refractivity contribution in [2.45, 2.75) is 18.9 Å². The van der Waals surface area contributed by atoms with E-state index < -0.39 is 17.2 Å². The molecule has 166 valence electrons. The number of benzene rings is 1. The Kier molecular flexibility index (Phi) is 5.22. The fourth-order valence-corrected chi connectivity index (χ4v) is 4.23. The number of hydrogen-bond acceptors (Lipinski definition) is 6. The third kappa shape index (κ3) is 3.89. The van der Waals surface area contributed by atoms with Gasteiger partial charge in [0.05, 0.1) is 22.3 Å². The van der Waals surface area contributed by atoms with Crippen molar-refractivity contribution in [3.63, 3.8) is 0 Å². The lowest BCUT2D eigenvalue weighted by atomic mass is 10.2. The van der Waals surface area contributed by atoms with Gasteiger partial charge >= 0.3 is 5.69 Å². The molecule has 1 aliphatic heterocycles. The van der Waals surface area contributed by atoms with E-state index in [0.717, 1.165) is 44.7 Å². The molecule has 10 heteroatoms. The third-order valence-corrected chi connectivity index (χ3v) is 6.24. The highest BCUT2D eigenvalue weighted by molar-refractivity contribution is 6.31. The van der Waals surface area contributed by atoms with Crippen molar-refractivity contribution in [1.82, 2.24) is 19.4 Å². The van der Waals surface area contributed by atoms with Crippen molar-refractivity contribution >= 4 is 39.9 Å². The number of anilines is 2. The Morgan fingerprint density at radius 1 is 1.16 bits per heavy atom. The molecule has 3 aromatic rings. The zero-order valence-electron chi connectivity index (χ0n) is 17.6. The summed E-state index contributed by atoms with van der Waals surface area (Å²) in [5, 5.41) is 3.65. The SMILES string of the molecule is CN1CCN(c2ccc(Cl)cc2NC(=O)c2cnc3c(c2)c(=O)[nH]c(=O)n3C2CC2)CC1. The quantitative estimate of drug-likeness (QED) is 0.625. The second kappa shape index (κ2) is 8.07. The summed E-state index contributed by atoms with van der Waals surface area (Å²) in [6, 6.07) is 6.96. The maximum absolute atomic E-state index is 13.1. The first-order valence-corrected chi connectivity index (χ1v) is 11.0. The summed E-state index contributed by atoms with van der Waals surface area (Å²) in [4.78, 5) is 48.8. The van der Waals surface area contributed by atoms with E-state index in [1.165, 1.54) is 16.8 Å². The van der Waals surface area contributed by atoms with Gasteiger partial charge in [0, 0.05) is 43.4 Å². The van der Waals surface area contributed by atoms with E-state index in [1.807, 2.05) is 6.07 Å².